The van der Waals surface area contributed by atoms with E-state index in [1.807, 2.05) is 18.2 Å². The van der Waals surface area contributed by atoms with Crippen molar-refractivity contribution in [3.8, 4) is 0 Å². The van der Waals surface area contributed by atoms with Crippen molar-refractivity contribution >= 4 is 22.6 Å². The maximum Gasteiger partial charge on any atom is 0.158 e. The molecule has 0 saturated carbocycles. The Balaban J connectivity index is 2.16. The van der Waals surface area contributed by atoms with Gasteiger partial charge in [-0.1, -0.05) is 12.1 Å². The number of nitrogens with two attached hydrogens (primary N) is 1. The molecule has 0 aliphatic carbocycles. The van der Waals surface area contributed by atoms with Gasteiger partial charge in [-0.25, -0.2) is 5.84 Å². The van der Waals surface area contributed by atoms with Gasteiger partial charge in [-0.2, -0.15) is 0 Å². The van der Waals surface area contributed by atoms with Gasteiger partial charge in [0.15, 0.2) is 6.23 Å². The van der Waals surface area contributed by atoms with E-state index in [2.05, 4.69) is 34.0 Å². The van der Waals surface area contributed by atoms with Gasteiger partial charge in [-0.3, -0.25) is 10.2 Å². The molecule has 1 aliphatic heterocycles. The summed E-state index contributed by atoms with van der Waals surface area (Å²) in [7, 11) is 0. The predicted molar refractivity (Wildman–Crippen MR) is 57.0 cm³/mol. The van der Waals surface area contributed by atoms with Gasteiger partial charge >= 0.3 is 0 Å². The Morgan fingerprint density at radius 1 is 1.62 bits per heavy atom. The molecule has 1 fully saturated rings. The zero-order chi connectivity index (χ0) is 9.26. The molecule has 0 aromatic heterocycles. The normalized spacial score (nSPS) is 23.7. The largest absolute Gasteiger partial charge is 0.270 e. The lowest BCUT2D eigenvalue weighted by molar-refractivity contribution is -0.150. The Morgan fingerprint density at radius 2 is 2.46 bits per heavy atom. The summed E-state index contributed by atoms with van der Waals surface area (Å²) in [4.78, 5) is 5.30. The van der Waals surface area contributed by atoms with Crippen LogP contribution in [0.1, 0.15) is 11.8 Å². The molecule has 1 atom stereocenters. The molecule has 0 amide bonds. The minimum Gasteiger partial charge on any atom is -0.270 e. The minimum atomic E-state index is -0.111. The molecular formula is C8H10IN3O. The Bertz CT molecular complexity index is 307. The smallest absolute Gasteiger partial charge is 0.158 e. The van der Waals surface area contributed by atoms with Crippen LogP contribution < -0.4 is 11.2 Å². The highest BCUT2D eigenvalue weighted by atomic mass is 127. The molecule has 2 rings (SSSR count). The van der Waals surface area contributed by atoms with E-state index in [4.69, 9.17) is 10.7 Å². The van der Waals surface area contributed by atoms with Gasteiger partial charge in [0.05, 0.1) is 6.67 Å². The fourth-order valence-corrected chi connectivity index (χ4v) is 1.80. The molecule has 13 heavy (non-hydrogen) atoms. The zero-order valence-corrected chi connectivity index (χ0v) is 9.06. The number of nitrogens with zero attached hydrogens (tertiary/aromatic N) is 1. The van der Waals surface area contributed by atoms with Gasteiger partial charge < -0.3 is 0 Å². The molecule has 1 heterocycles. The van der Waals surface area contributed by atoms with E-state index < -0.39 is 0 Å². The van der Waals surface area contributed by atoms with Crippen LogP contribution in [0.15, 0.2) is 24.3 Å². The van der Waals surface area contributed by atoms with Crippen molar-refractivity contribution in [1.29, 1.82) is 0 Å². The van der Waals surface area contributed by atoms with Crippen LogP contribution in [-0.2, 0) is 4.84 Å². The molecule has 5 heteroatoms. The van der Waals surface area contributed by atoms with E-state index in [0.29, 0.717) is 6.67 Å². The Kier molecular flexibility index (Phi) is 2.80. The molecule has 3 N–H and O–H groups in total. The van der Waals surface area contributed by atoms with Gasteiger partial charge in [0.2, 0.25) is 0 Å². The van der Waals surface area contributed by atoms with E-state index in [-0.39, 0.29) is 6.23 Å². The summed E-state index contributed by atoms with van der Waals surface area (Å²) < 4.78 is 1.19. The first kappa shape index (κ1) is 9.35. The number of hydrogen-bond donors (Lipinski definition) is 2. The van der Waals surface area contributed by atoms with Crippen molar-refractivity contribution in [3.63, 3.8) is 0 Å². The summed E-state index contributed by atoms with van der Waals surface area (Å²) in [6, 6.07) is 8.12. The quantitative estimate of drug-likeness (QED) is 0.598. The standard InChI is InChI=1S/C8H10IN3O/c9-7-3-1-2-6(4-7)8-11-5-12(10)13-8/h1-4,8,11H,5,10H2. The molecule has 0 radical (unpaired) electrons. The second-order valence-electron chi connectivity index (χ2n) is 2.82. The van der Waals surface area contributed by atoms with Gasteiger partial charge in [-0.15, -0.1) is 5.17 Å². The fraction of sp³-hybridized carbons (Fsp3) is 0.250. The third-order valence-electron chi connectivity index (χ3n) is 1.82. The summed E-state index contributed by atoms with van der Waals surface area (Å²) >= 11 is 2.27. The first-order valence-corrected chi connectivity index (χ1v) is 5.01. The van der Waals surface area contributed by atoms with Gasteiger partial charge in [-0.05, 0) is 40.3 Å². The SMILES string of the molecule is NN1CNC(c2cccc(I)c2)O1. The van der Waals surface area contributed by atoms with Crippen molar-refractivity contribution in [2.75, 3.05) is 6.67 Å². The molecular weight excluding hydrogens is 281 g/mol. The van der Waals surface area contributed by atoms with E-state index in [1.165, 1.54) is 8.74 Å². The molecule has 1 aliphatic rings. The van der Waals surface area contributed by atoms with Crippen LogP contribution in [0.2, 0.25) is 0 Å². The number of halogens is 1. The lowest BCUT2D eigenvalue weighted by atomic mass is 10.2. The maximum absolute atomic E-state index is 5.45. The molecule has 0 bridgehead atoms. The highest BCUT2D eigenvalue weighted by Gasteiger charge is 2.21. The third-order valence-corrected chi connectivity index (χ3v) is 2.50. The molecule has 0 spiro atoms. The Hall–Kier alpha value is -0.210. The molecule has 1 aromatic rings. The lowest BCUT2D eigenvalue weighted by Crippen LogP contribution is -2.27. The number of hydrogen-bond acceptors (Lipinski definition) is 4. The van der Waals surface area contributed by atoms with E-state index in [9.17, 15) is 0 Å². The molecule has 70 valence electrons. The third kappa shape index (κ3) is 2.18. The van der Waals surface area contributed by atoms with Crippen LogP contribution in [0.4, 0.5) is 0 Å². The van der Waals surface area contributed by atoms with E-state index >= 15 is 0 Å². The fourth-order valence-electron chi connectivity index (χ4n) is 1.23. The maximum atomic E-state index is 5.45. The van der Waals surface area contributed by atoms with Crippen LogP contribution >= 0.6 is 22.6 Å². The second kappa shape index (κ2) is 3.89. The molecule has 1 aromatic carbocycles. The summed E-state index contributed by atoms with van der Waals surface area (Å²) in [5, 5.41) is 4.42. The monoisotopic (exact) mass is 291 g/mol. The summed E-state index contributed by atoms with van der Waals surface area (Å²) in [6.45, 7) is 0.552. The predicted octanol–water partition coefficient (Wildman–Crippen LogP) is 0.958. The van der Waals surface area contributed by atoms with Crippen LogP contribution in [0.3, 0.4) is 0 Å². The number of nitrogens with one attached hydrogen (secondary N) is 1. The van der Waals surface area contributed by atoms with Crippen LogP contribution in [0, 0.1) is 3.57 Å². The Morgan fingerprint density at radius 3 is 3.08 bits per heavy atom. The van der Waals surface area contributed by atoms with Gasteiger partial charge in [0, 0.05) is 3.57 Å². The average molecular weight is 291 g/mol. The van der Waals surface area contributed by atoms with Crippen molar-refractivity contribution < 1.29 is 4.84 Å². The number of rotatable bonds is 1. The van der Waals surface area contributed by atoms with Crippen molar-refractivity contribution in [1.82, 2.24) is 10.5 Å². The number of hydroxylamine groups is 1. The van der Waals surface area contributed by atoms with Crippen LogP contribution in [0.25, 0.3) is 0 Å². The molecule has 4 nitrogen and oxygen atoms in total. The number of benzene rings is 1. The summed E-state index contributed by atoms with van der Waals surface area (Å²) in [5.74, 6) is 5.45. The summed E-state index contributed by atoms with van der Waals surface area (Å²) in [6.07, 6.45) is -0.111. The second-order valence-corrected chi connectivity index (χ2v) is 4.07. The molecule has 1 saturated heterocycles. The average Bonchev–Trinajstić information content (AvgIpc) is 2.52. The highest BCUT2D eigenvalue weighted by Crippen LogP contribution is 2.20. The highest BCUT2D eigenvalue weighted by molar-refractivity contribution is 14.1. The van der Waals surface area contributed by atoms with Crippen molar-refractivity contribution in [2.45, 2.75) is 6.23 Å². The topological polar surface area (TPSA) is 50.5 Å². The van der Waals surface area contributed by atoms with Crippen LogP contribution in [-0.4, -0.2) is 11.8 Å². The van der Waals surface area contributed by atoms with Crippen LogP contribution in [0.5, 0.6) is 0 Å². The van der Waals surface area contributed by atoms with E-state index in [1.54, 1.807) is 0 Å². The van der Waals surface area contributed by atoms with Gasteiger partial charge in [0.25, 0.3) is 0 Å². The zero-order valence-electron chi connectivity index (χ0n) is 6.90. The lowest BCUT2D eigenvalue weighted by Gasteiger charge is -2.10. The molecule has 1 unspecified atom stereocenters. The first-order valence-electron chi connectivity index (χ1n) is 3.93. The van der Waals surface area contributed by atoms with E-state index in [0.717, 1.165) is 5.56 Å². The van der Waals surface area contributed by atoms with Crippen molar-refractivity contribution in [3.05, 3.63) is 33.4 Å². The van der Waals surface area contributed by atoms with Gasteiger partial charge in [0.1, 0.15) is 0 Å². The van der Waals surface area contributed by atoms with Crippen molar-refractivity contribution in [2.24, 2.45) is 5.84 Å². The minimum absolute atomic E-state index is 0.111. The summed E-state index contributed by atoms with van der Waals surface area (Å²) in [5.41, 5.74) is 1.10. The number of hydrazine groups is 1. The first-order chi connectivity index (χ1) is 6.25. The Labute approximate surface area is 90.1 Å².